The molecular formula is C15H20N4O. The Bertz CT molecular complexity index is 503. The zero-order valence-electron chi connectivity index (χ0n) is 11.7. The molecule has 2 fully saturated rings. The molecule has 1 aromatic heterocycles. The Morgan fingerprint density at radius 2 is 2.05 bits per heavy atom. The molecule has 2 heterocycles. The standard InChI is InChI=1S/C15H20N4O/c16-11-13-5-8-17-14(18-13)19-9-10-20-15(12-19)6-3-1-2-4-7-15/h5,8H,1-4,6-7,9-10,12H2. The largest absolute Gasteiger partial charge is 0.371 e. The van der Waals surface area contributed by atoms with Crippen LogP contribution in [0, 0.1) is 11.3 Å². The van der Waals surface area contributed by atoms with Crippen molar-refractivity contribution < 1.29 is 4.74 Å². The first-order valence-corrected chi connectivity index (χ1v) is 7.43. The highest BCUT2D eigenvalue weighted by molar-refractivity contribution is 5.35. The van der Waals surface area contributed by atoms with Crippen LogP contribution >= 0.6 is 0 Å². The molecule has 1 aliphatic heterocycles. The predicted octanol–water partition coefficient (Wildman–Crippen LogP) is 2.28. The van der Waals surface area contributed by atoms with Gasteiger partial charge in [-0.1, -0.05) is 25.7 Å². The van der Waals surface area contributed by atoms with Crippen molar-refractivity contribution >= 4 is 5.95 Å². The normalized spacial score (nSPS) is 22.2. The Morgan fingerprint density at radius 3 is 2.80 bits per heavy atom. The fraction of sp³-hybridized carbons (Fsp3) is 0.667. The predicted molar refractivity (Wildman–Crippen MR) is 75.3 cm³/mol. The van der Waals surface area contributed by atoms with Gasteiger partial charge in [-0.2, -0.15) is 5.26 Å². The topological polar surface area (TPSA) is 62.0 Å². The van der Waals surface area contributed by atoms with Crippen molar-refractivity contribution in [2.45, 2.75) is 44.1 Å². The molecule has 0 bridgehead atoms. The first-order chi connectivity index (χ1) is 9.81. The molecule has 5 heteroatoms. The number of nitriles is 1. The van der Waals surface area contributed by atoms with E-state index in [1.807, 2.05) is 0 Å². The smallest absolute Gasteiger partial charge is 0.226 e. The molecule has 106 valence electrons. The summed E-state index contributed by atoms with van der Waals surface area (Å²) in [5, 5.41) is 8.96. The summed E-state index contributed by atoms with van der Waals surface area (Å²) in [6.45, 7) is 2.37. The van der Waals surface area contributed by atoms with E-state index in [1.54, 1.807) is 12.3 Å². The summed E-state index contributed by atoms with van der Waals surface area (Å²) in [5.41, 5.74) is 0.400. The van der Waals surface area contributed by atoms with E-state index in [9.17, 15) is 0 Å². The van der Waals surface area contributed by atoms with Gasteiger partial charge in [0.25, 0.3) is 0 Å². The molecule has 3 rings (SSSR count). The average Bonchev–Trinajstić information content (AvgIpc) is 2.73. The van der Waals surface area contributed by atoms with Crippen molar-refractivity contribution in [3.63, 3.8) is 0 Å². The Labute approximate surface area is 119 Å². The van der Waals surface area contributed by atoms with Crippen molar-refractivity contribution in [2.75, 3.05) is 24.6 Å². The summed E-state index contributed by atoms with van der Waals surface area (Å²) in [5.74, 6) is 0.663. The van der Waals surface area contributed by atoms with Crippen LogP contribution in [-0.2, 0) is 4.74 Å². The molecule has 0 atom stereocenters. The van der Waals surface area contributed by atoms with Gasteiger partial charge in [0.2, 0.25) is 5.95 Å². The maximum absolute atomic E-state index is 8.96. The summed E-state index contributed by atoms with van der Waals surface area (Å²) < 4.78 is 6.13. The Balaban J connectivity index is 1.78. The van der Waals surface area contributed by atoms with Crippen LogP contribution in [-0.4, -0.2) is 35.3 Å². The number of morpholine rings is 1. The van der Waals surface area contributed by atoms with Gasteiger partial charge in [0.1, 0.15) is 11.8 Å². The van der Waals surface area contributed by atoms with Gasteiger partial charge in [-0.05, 0) is 18.9 Å². The Morgan fingerprint density at radius 1 is 1.25 bits per heavy atom. The van der Waals surface area contributed by atoms with E-state index < -0.39 is 0 Å². The van der Waals surface area contributed by atoms with Crippen LogP contribution in [0.15, 0.2) is 12.3 Å². The second kappa shape index (κ2) is 5.76. The summed E-state index contributed by atoms with van der Waals surface area (Å²) in [6, 6.07) is 3.72. The van der Waals surface area contributed by atoms with E-state index in [2.05, 4.69) is 20.9 Å². The molecule has 1 spiro atoms. The Kier molecular flexibility index (Phi) is 3.83. The second-order valence-corrected chi connectivity index (χ2v) is 5.72. The number of anilines is 1. The highest BCUT2D eigenvalue weighted by Crippen LogP contribution is 2.34. The van der Waals surface area contributed by atoms with Crippen molar-refractivity contribution in [1.82, 2.24) is 9.97 Å². The third-order valence-electron chi connectivity index (χ3n) is 4.30. The molecule has 20 heavy (non-hydrogen) atoms. The number of rotatable bonds is 1. The first-order valence-electron chi connectivity index (χ1n) is 7.43. The van der Waals surface area contributed by atoms with E-state index in [4.69, 9.17) is 10.00 Å². The average molecular weight is 272 g/mol. The maximum atomic E-state index is 8.96. The summed E-state index contributed by atoms with van der Waals surface area (Å²) in [4.78, 5) is 10.8. The zero-order valence-corrected chi connectivity index (χ0v) is 11.7. The van der Waals surface area contributed by atoms with E-state index in [1.165, 1.54) is 25.7 Å². The molecular weight excluding hydrogens is 252 g/mol. The number of aromatic nitrogens is 2. The van der Waals surface area contributed by atoms with Gasteiger partial charge < -0.3 is 9.64 Å². The summed E-state index contributed by atoms with van der Waals surface area (Å²) in [7, 11) is 0. The summed E-state index contributed by atoms with van der Waals surface area (Å²) >= 11 is 0. The van der Waals surface area contributed by atoms with Crippen LogP contribution in [0.1, 0.15) is 44.2 Å². The molecule has 1 saturated heterocycles. The molecule has 0 N–H and O–H groups in total. The lowest BCUT2D eigenvalue weighted by molar-refractivity contribution is -0.0656. The number of hydrogen-bond acceptors (Lipinski definition) is 5. The minimum absolute atomic E-state index is 0.0270. The van der Waals surface area contributed by atoms with Crippen LogP contribution in [0.5, 0.6) is 0 Å². The molecule has 0 aromatic carbocycles. The summed E-state index contributed by atoms with van der Waals surface area (Å²) in [6.07, 6.45) is 9.02. The molecule has 2 aliphatic rings. The number of hydrogen-bond donors (Lipinski definition) is 0. The van der Waals surface area contributed by atoms with Gasteiger partial charge in [0.05, 0.1) is 12.2 Å². The van der Waals surface area contributed by atoms with Gasteiger partial charge >= 0.3 is 0 Å². The highest BCUT2D eigenvalue weighted by atomic mass is 16.5. The molecule has 0 radical (unpaired) electrons. The van der Waals surface area contributed by atoms with Crippen molar-refractivity contribution in [1.29, 1.82) is 5.26 Å². The van der Waals surface area contributed by atoms with E-state index in [0.29, 0.717) is 11.6 Å². The van der Waals surface area contributed by atoms with E-state index >= 15 is 0 Å². The minimum atomic E-state index is -0.0270. The molecule has 0 unspecified atom stereocenters. The van der Waals surface area contributed by atoms with E-state index in [0.717, 1.165) is 32.5 Å². The zero-order chi connectivity index (χ0) is 13.8. The highest BCUT2D eigenvalue weighted by Gasteiger charge is 2.37. The third kappa shape index (κ3) is 2.75. The van der Waals surface area contributed by atoms with Gasteiger partial charge in [-0.3, -0.25) is 0 Å². The molecule has 5 nitrogen and oxygen atoms in total. The van der Waals surface area contributed by atoms with Gasteiger partial charge in [-0.25, -0.2) is 9.97 Å². The number of ether oxygens (including phenoxy) is 1. The minimum Gasteiger partial charge on any atom is -0.371 e. The molecule has 1 aliphatic carbocycles. The van der Waals surface area contributed by atoms with Crippen LogP contribution < -0.4 is 4.90 Å². The number of nitrogens with zero attached hydrogens (tertiary/aromatic N) is 4. The van der Waals surface area contributed by atoms with Crippen LogP contribution in [0.2, 0.25) is 0 Å². The van der Waals surface area contributed by atoms with Crippen LogP contribution in [0.4, 0.5) is 5.95 Å². The van der Waals surface area contributed by atoms with E-state index in [-0.39, 0.29) is 5.60 Å². The van der Waals surface area contributed by atoms with Gasteiger partial charge in [-0.15, -0.1) is 0 Å². The SMILES string of the molecule is N#Cc1ccnc(N2CCOC3(CCCCCC3)C2)n1. The lowest BCUT2D eigenvalue weighted by Gasteiger charge is -2.42. The Hall–Kier alpha value is -1.67. The molecule has 1 aromatic rings. The first kappa shape index (κ1) is 13.3. The molecule has 0 amide bonds. The monoisotopic (exact) mass is 272 g/mol. The van der Waals surface area contributed by atoms with Crippen molar-refractivity contribution in [3.8, 4) is 6.07 Å². The fourth-order valence-electron chi connectivity index (χ4n) is 3.25. The van der Waals surface area contributed by atoms with Gasteiger partial charge in [0.15, 0.2) is 0 Å². The third-order valence-corrected chi connectivity index (χ3v) is 4.30. The van der Waals surface area contributed by atoms with Crippen LogP contribution in [0.3, 0.4) is 0 Å². The van der Waals surface area contributed by atoms with Gasteiger partial charge in [0, 0.05) is 19.3 Å². The van der Waals surface area contributed by atoms with Crippen LogP contribution in [0.25, 0.3) is 0 Å². The lowest BCUT2D eigenvalue weighted by atomic mass is 9.92. The maximum Gasteiger partial charge on any atom is 0.226 e. The second-order valence-electron chi connectivity index (χ2n) is 5.72. The fourth-order valence-corrected chi connectivity index (χ4v) is 3.25. The molecule has 1 saturated carbocycles. The quantitative estimate of drug-likeness (QED) is 0.785. The lowest BCUT2D eigenvalue weighted by Crippen LogP contribution is -2.52. The van der Waals surface area contributed by atoms with Crippen molar-refractivity contribution in [2.24, 2.45) is 0 Å². The van der Waals surface area contributed by atoms with Crippen molar-refractivity contribution in [3.05, 3.63) is 18.0 Å².